The first-order valence-corrected chi connectivity index (χ1v) is 8.53. The molecular formula is C17H36N2O5. The van der Waals surface area contributed by atoms with Crippen LogP contribution < -0.4 is 0 Å². The van der Waals surface area contributed by atoms with Gasteiger partial charge in [-0.05, 0) is 41.5 Å². The number of rotatable bonds is 4. The predicted octanol–water partition coefficient (Wildman–Crippen LogP) is 1.33. The van der Waals surface area contributed by atoms with E-state index < -0.39 is 6.16 Å². The fourth-order valence-corrected chi connectivity index (χ4v) is 2.33. The van der Waals surface area contributed by atoms with Gasteiger partial charge in [-0.2, -0.15) is 0 Å². The second-order valence-electron chi connectivity index (χ2n) is 7.71. The molecule has 2 N–H and O–H groups in total. The Morgan fingerprint density at radius 3 is 1.67 bits per heavy atom. The number of β-amino-alcohol motifs (C(OH)–C–C–N with tert-alkyl or cyclic N) is 2. The Morgan fingerprint density at radius 2 is 1.38 bits per heavy atom. The van der Waals surface area contributed by atoms with Crippen LogP contribution in [0.15, 0.2) is 0 Å². The molecule has 24 heavy (non-hydrogen) atoms. The summed E-state index contributed by atoms with van der Waals surface area (Å²) in [7, 11) is 0. The van der Waals surface area contributed by atoms with Crippen LogP contribution in [0, 0.1) is 0 Å². The summed E-state index contributed by atoms with van der Waals surface area (Å²) in [4.78, 5) is 15.0. The largest absolute Gasteiger partial charge is 0.508 e. The van der Waals surface area contributed by atoms with Crippen LogP contribution in [0.4, 0.5) is 4.79 Å². The van der Waals surface area contributed by atoms with Gasteiger partial charge in [0.1, 0.15) is 13.2 Å². The van der Waals surface area contributed by atoms with E-state index in [1.807, 2.05) is 4.90 Å². The van der Waals surface area contributed by atoms with Crippen LogP contribution in [-0.4, -0.2) is 89.9 Å². The molecule has 0 aliphatic carbocycles. The minimum Gasteiger partial charge on any atom is -0.433 e. The fourth-order valence-electron chi connectivity index (χ4n) is 2.33. The highest BCUT2D eigenvalue weighted by molar-refractivity contribution is 5.59. The topological polar surface area (TPSA) is 82.5 Å². The summed E-state index contributed by atoms with van der Waals surface area (Å²) in [5.74, 6) is 0. The van der Waals surface area contributed by atoms with E-state index in [2.05, 4.69) is 46.4 Å². The van der Waals surface area contributed by atoms with E-state index in [1.54, 1.807) is 0 Å². The first kappa shape index (κ1) is 23.1. The minimum absolute atomic E-state index is 0.0332. The van der Waals surface area contributed by atoms with Crippen molar-refractivity contribution in [3.05, 3.63) is 0 Å². The summed E-state index contributed by atoms with van der Waals surface area (Å²) >= 11 is 0. The summed E-state index contributed by atoms with van der Waals surface area (Å²) in [6.45, 7) is 16.5. The lowest BCUT2D eigenvalue weighted by atomic mass is 10.1. The van der Waals surface area contributed by atoms with Gasteiger partial charge in [-0.1, -0.05) is 0 Å². The van der Waals surface area contributed by atoms with Crippen molar-refractivity contribution in [3.63, 3.8) is 0 Å². The molecule has 0 atom stereocenters. The Kier molecular flexibility index (Phi) is 10.5. The minimum atomic E-state index is -0.548. The van der Waals surface area contributed by atoms with E-state index in [9.17, 15) is 4.79 Å². The van der Waals surface area contributed by atoms with Gasteiger partial charge in [-0.15, -0.1) is 0 Å². The zero-order valence-corrected chi connectivity index (χ0v) is 16.2. The summed E-state index contributed by atoms with van der Waals surface area (Å²) in [6.07, 6.45) is -0.548. The summed E-state index contributed by atoms with van der Waals surface area (Å²) in [6, 6.07) is 0. The van der Waals surface area contributed by atoms with Gasteiger partial charge in [-0.25, -0.2) is 4.79 Å². The molecule has 1 heterocycles. The van der Waals surface area contributed by atoms with Crippen molar-refractivity contribution < 1.29 is 24.5 Å². The monoisotopic (exact) mass is 348 g/mol. The van der Waals surface area contributed by atoms with Crippen molar-refractivity contribution in [1.82, 2.24) is 9.80 Å². The lowest BCUT2D eigenvalue weighted by molar-refractivity contribution is 0.0000521. The van der Waals surface area contributed by atoms with Crippen molar-refractivity contribution in [2.45, 2.75) is 52.6 Å². The highest BCUT2D eigenvalue weighted by atomic mass is 16.7. The van der Waals surface area contributed by atoms with E-state index >= 15 is 0 Å². The van der Waals surface area contributed by atoms with E-state index in [1.165, 1.54) is 0 Å². The molecule has 0 aromatic heterocycles. The Bertz CT molecular complexity index is 332. The predicted molar refractivity (Wildman–Crippen MR) is 94.1 cm³/mol. The maximum Gasteiger partial charge on any atom is 0.508 e. The molecule has 0 bridgehead atoms. The number of carbonyl (C=O) groups is 1. The molecule has 0 unspecified atom stereocenters. The third-order valence-electron chi connectivity index (χ3n) is 3.80. The van der Waals surface area contributed by atoms with Crippen LogP contribution in [0.2, 0.25) is 0 Å². The quantitative estimate of drug-likeness (QED) is 0.742. The SMILES string of the molecule is CC(C)(C)N(CCO)CCO.CC(C)(C)N1CCOC(=O)OCC1. The number of aliphatic hydroxyl groups is 2. The average molecular weight is 348 g/mol. The van der Waals surface area contributed by atoms with Crippen LogP contribution in [-0.2, 0) is 9.47 Å². The van der Waals surface area contributed by atoms with E-state index in [0.29, 0.717) is 26.3 Å². The summed E-state index contributed by atoms with van der Waals surface area (Å²) in [5.41, 5.74) is 0.137. The van der Waals surface area contributed by atoms with Gasteiger partial charge in [0.2, 0.25) is 0 Å². The van der Waals surface area contributed by atoms with Gasteiger partial charge in [-0.3, -0.25) is 9.80 Å². The number of ether oxygens (including phenoxy) is 2. The number of aliphatic hydroxyl groups excluding tert-OH is 2. The standard InChI is InChI=1S/C9H17NO3.C8H19NO2/c1-9(2,3)10-4-6-12-8(11)13-7-5-10;1-8(2,3)9(4-6-10)5-7-11/h4-7H2,1-3H3;10-11H,4-7H2,1-3H3. The lowest BCUT2D eigenvalue weighted by Crippen LogP contribution is -2.46. The Labute approximate surface area is 146 Å². The van der Waals surface area contributed by atoms with Crippen LogP contribution >= 0.6 is 0 Å². The van der Waals surface area contributed by atoms with Gasteiger partial charge in [0.15, 0.2) is 0 Å². The smallest absolute Gasteiger partial charge is 0.433 e. The van der Waals surface area contributed by atoms with Gasteiger partial charge in [0, 0.05) is 37.3 Å². The molecule has 1 saturated heterocycles. The second-order valence-corrected chi connectivity index (χ2v) is 7.71. The normalized spacial score (nSPS) is 17.3. The van der Waals surface area contributed by atoms with Crippen LogP contribution in [0.5, 0.6) is 0 Å². The van der Waals surface area contributed by atoms with Crippen molar-refractivity contribution in [1.29, 1.82) is 0 Å². The van der Waals surface area contributed by atoms with E-state index in [0.717, 1.165) is 13.1 Å². The molecule has 0 aromatic rings. The molecule has 0 saturated carbocycles. The maximum atomic E-state index is 10.7. The molecule has 0 radical (unpaired) electrons. The van der Waals surface area contributed by atoms with Crippen molar-refractivity contribution in [2.75, 3.05) is 52.6 Å². The maximum absolute atomic E-state index is 10.7. The summed E-state index contributed by atoms with van der Waals surface area (Å²) in [5, 5.41) is 17.4. The number of cyclic esters (lactones) is 2. The van der Waals surface area contributed by atoms with Crippen LogP contribution in [0.3, 0.4) is 0 Å². The van der Waals surface area contributed by atoms with Gasteiger partial charge >= 0.3 is 6.16 Å². The van der Waals surface area contributed by atoms with Crippen molar-refractivity contribution >= 4 is 6.16 Å². The Morgan fingerprint density at radius 1 is 0.958 bits per heavy atom. The summed E-state index contributed by atoms with van der Waals surface area (Å²) < 4.78 is 9.61. The highest BCUT2D eigenvalue weighted by Crippen LogP contribution is 2.13. The molecule has 0 spiro atoms. The Balaban J connectivity index is 0.000000449. The molecule has 1 fully saturated rings. The van der Waals surface area contributed by atoms with Gasteiger partial charge < -0.3 is 19.7 Å². The van der Waals surface area contributed by atoms with Gasteiger partial charge in [0.05, 0.1) is 13.2 Å². The van der Waals surface area contributed by atoms with E-state index in [4.69, 9.17) is 19.7 Å². The molecule has 7 nitrogen and oxygen atoms in total. The molecule has 7 heteroatoms. The number of hydrogen-bond acceptors (Lipinski definition) is 7. The Hall–Kier alpha value is -0.890. The first-order valence-electron chi connectivity index (χ1n) is 8.53. The highest BCUT2D eigenvalue weighted by Gasteiger charge is 2.23. The number of hydrogen-bond donors (Lipinski definition) is 2. The van der Waals surface area contributed by atoms with E-state index in [-0.39, 0.29) is 24.3 Å². The fraction of sp³-hybridized carbons (Fsp3) is 0.941. The molecule has 0 amide bonds. The van der Waals surface area contributed by atoms with Crippen LogP contribution in [0.1, 0.15) is 41.5 Å². The molecule has 0 aromatic carbocycles. The van der Waals surface area contributed by atoms with Gasteiger partial charge in [0.25, 0.3) is 0 Å². The molecule has 1 aliphatic heterocycles. The molecular weight excluding hydrogens is 312 g/mol. The second kappa shape index (κ2) is 10.9. The van der Waals surface area contributed by atoms with Crippen LogP contribution in [0.25, 0.3) is 0 Å². The zero-order valence-electron chi connectivity index (χ0n) is 16.2. The third-order valence-corrected chi connectivity index (χ3v) is 3.80. The van der Waals surface area contributed by atoms with Crippen molar-refractivity contribution in [2.24, 2.45) is 0 Å². The first-order chi connectivity index (χ1) is 11.0. The zero-order chi connectivity index (χ0) is 18.8. The number of carbonyl (C=O) groups excluding carboxylic acids is 1. The third kappa shape index (κ3) is 10.1. The molecule has 1 aliphatic rings. The number of nitrogens with zero attached hydrogens (tertiary/aromatic N) is 2. The lowest BCUT2D eigenvalue weighted by Gasteiger charge is -2.36. The van der Waals surface area contributed by atoms with Crippen molar-refractivity contribution in [3.8, 4) is 0 Å². The molecule has 1 rings (SSSR count). The molecule has 144 valence electrons. The average Bonchev–Trinajstić information content (AvgIpc) is 2.41.